The van der Waals surface area contributed by atoms with Gasteiger partial charge in [0, 0.05) is 0 Å². The average Bonchev–Trinajstić information content (AvgIpc) is 2.34. The lowest BCUT2D eigenvalue weighted by molar-refractivity contribution is -0.142. The zero-order valence-corrected chi connectivity index (χ0v) is 12.0. The number of benzene rings is 1. The number of esters is 1. The molecule has 0 spiro atoms. The first kappa shape index (κ1) is 16.6. The minimum atomic E-state index is -0.156. The summed E-state index contributed by atoms with van der Waals surface area (Å²) in [5, 5.41) is 3.11. The van der Waals surface area contributed by atoms with Crippen LogP contribution in [0.15, 0.2) is 24.3 Å². The van der Waals surface area contributed by atoms with Crippen molar-refractivity contribution in [1.29, 1.82) is 0 Å². The Morgan fingerprint density at radius 2 is 1.78 bits per heavy atom. The van der Waals surface area contributed by atoms with E-state index < -0.39 is 0 Å². The molecule has 0 aliphatic carbocycles. The third-order valence-corrected chi connectivity index (χ3v) is 2.40. The molecule has 0 aromatic heterocycles. The maximum Gasteiger partial charge on any atom is 0.310 e. The molecule has 0 radical (unpaired) electrons. The summed E-state index contributed by atoms with van der Waals surface area (Å²) >= 11 is 0. The Balaban J connectivity index is 0.000000494. The first-order chi connectivity index (χ1) is 8.65. The molecule has 1 aromatic carbocycles. The summed E-state index contributed by atoms with van der Waals surface area (Å²) in [7, 11) is 0. The third kappa shape index (κ3) is 7.85. The van der Waals surface area contributed by atoms with E-state index >= 15 is 0 Å². The van der Waals surface area contributed by atoms with Crippen molar-refractivity contribution >= 4 is 5.97 Å². The van der Waals surface area contributed by atoms with Gasteiger partial charge in [-0.2, -0.15) is 0 Å². The van der Waals surface area contributed by atoms with Crippen LogP contribution in [0, 0.1) is 6.92 Å². The molecular weight excluding hydrogens is 226 g/mol. The Morgan fingerprint density at radius 1 is 1.17 bits per heavy atom. The minimum Gasteiger partial charge on any atom is -0.466 e. The smallest absolute Gasteiger partial charge is 0.310 e. The number of hydrogen-bond acceptors (Lipinski definition) is 3. The van der Waals surface area contributed by atoms with E-state index in [-0.39, 0.29) is 5.97 Å². The Bertz CT molecular complexity index is 335. The molecular formula is C15H25NO2. The normalized spacial score (nSPS) is 9.33. The summed E-state index contributed by atoms with van der Waals surface area (Å²) in [5.41, 5.74) is 2.18. The number of nitrogens with one attached hydrogen (secondary N) is 1. The Hall–Kier alpha value is -1.35. The van der Waals surface area contributed by atoms with E-state index in [1.54, 1.807) is 0 Å². The quantitative estimate of drug-likeness (QED) is 0.818. The molecule has 102 valence electrons. The highest BCUT2D eigenvalue weighted by molar-refractivity contribution is 5.72. The molecule has 3 nitrogen and oxygen atoms in total. The van der Waals surface area contributed by atoms with Crippen LogP contribution in [0.3, 0.4) is 0 Å². The molecule has 1 N–H and O–H groups in total. The Labute approximate surface area is 111 Å². The molecule has 0 saturated carbocycles. The predicted octanol–water partition coefficient (Wildman–Crippen LogP) is 2.72. The minimum absolute atomic E-state index is 0.156. The highest BCUT2D eigenvalue weighted by Gasteiger charge is 2.04. The molecule has 18 heavy (non-hydrogen) atoms. The molecule has 0 aliphatic heterocycles. The van der Waals surface area contributed by atoms with Crippen molar-refractivity contribution in [2.45, 2.75) is 34.1 Å². The summed E-state index contributed by atoms with van der Waals surface area (Å²) in [5.74, 6) is -0.156. The summed E-state index contributed by atoms with van der Waals surface area (Å²) < 4.78 is 4.86. The maximum absolute atomic E-state index is 11.1. The monoisotopic (exact) mass is 251 g/mol. The summed E-state index contributed by atoms with van der Waals surface area (Å²) in [6.07, 6.45) is 0.376. The summed E-state index contributed by atoms with van der Waals surface area (Å²) in [6, 6.07) is 7.84. The molecule has 0 fully saturated rings. The number of hydrogen-bond donors (Lipinski definition) is 1. The number of carbonyl (C=O) groups is 1. The van der Waals surface area contributed by atoms with Gasteiger partial charge in [-0.3, -0.25) is 4.79 Å². The first-order valence-corrected chi connectivity index (χ1v) is 6.56. The molecule has 0 heterocycles. The number of rotatable bonds is 5. The van der Waals surface area contributed by atoms with Crippen molar-refractivity contribution in [2.75, 3.05) is 19.7 Å². The second kappa shape index (κ2) is 10.8. The number of aryl methyl sites for hydroxylation is 1. The fourth-order valence-electron chi connectivity index (χ4n) is 1.43. The lowest BCUT2D eigenvalue weighted by Gasteiger charge is -2.04. The standard InChI is InChI=1S/C11H14O2.C4H11N/c1-3-13-11(12)8-10-7-5-4-6-9(10)2;1-3-5-4-2/h4-7H,3,8H2,1-2H3;5H,3-4H2,1-2H3. The van der Waals surface area contributed by atoms with Crippen LogP contribution >= 0.6 is 0 Å². The van der Waals surface area contributed by atoms with Crippen LogP contribution in [0.25, 0.3) is 0 Å². The van der Waals surface area contributed by atoms with Crippen molar-refractivity contribution in [3.05, 3.63) is 35.4 Å². The molecule has 0 saturated heterocycles. The third-order valence-electron chi connectivity index (χ3n) is 2.40. The van der Waals surface area contributed by atoms with E-state index in [1.807, 2.05) is 38.1 Å². The molecule has 0 aliphatic rings. The van der Waals surface area contributed by atoms with Crippen molar-refractivity contribution in [3.63, 3.8) is 0 Å². The van der Waals surface area contributed by atoms with Gasteiger partial charge < -0.3 is 10.1 Å². The predicted molar refractivity (Wildman–Crippen MR) is 75.7 cm³/mol. The molecule has 1 rings (SSSR count). The van der Waals surface area contributed by atoms with Gasteiger partial charge in [-0.25, -0.2) is 0 Å². The molecule has 0 atom stereocenters. The van der Waals surface area contributed by atoms with Crippen LogP contribution in [-0.4, -0.2) is 25.7 Å². The molecule has 1 aromatic rings. The van der Waals surface area contributed by atoms with Gasteiger partial charge in [0.05, 0.1) is 13.0 Å². The highest BCUT2D eigenvalue weighted by atomic mass is 16.5. The summed E-state index contributed by atoms with van der Waals surface area (Å²) in [4.78, 5) is 11.1. The van der Waals surface area contributed by atoms with Gasteiger partial charge in [0.15, 0.2) is 0 Å². The zero-order chi connectivity index (χ0) is 13.8. The van der Waals surface area contributed by atoms with Crippen LogP contribution < -0.4 is 5.32 Å². The van der Waals surface area contributed by atoms with Gasteiger partial charge in [-0.1, -0.05) is 38.1 Å². The van der Waals surface area contributed by atoms with Crippen LogP contribution in [0.2, 0.25) is 0 Å². The maximum atomic E-state index is 11.1. The SMILES string of the molecule is CCNCC.CCOC(=O)Cc1ccccc1C. The van der Waals surface area contributed by atoms with Gasteiger partial charge in [0.1, 0.15) is 0 Å². The molecule has 3 heteroatoms. The first-order valence-electron chi connectivity index (χ1n) is 6.56. The average molecular weight is 251 g/mol. The highest BCUT2D eigenvalue weighted by Crippen LogP contribution is 2.08. The van der Waals surface area contributed by atoms with E-state index in [0.29, 0.717) is 13.0 Å². The van der Waals surface area contributed by atoms with Crippen LogP contribution in [0.1, 0.15) is 31.9 Å². The van der Waals surface area contributed by atoms with Crippen LogP contribution in [0.5, 0.6) is 0 Å². The second-order valence-electron chi connectivity index (χ2n) is 3.87. The largest absolute Gasteiger partial charge is 0.466 e. The van der Waals surface area contributed by atoms with Gasteiger partial charge in [-0.15, -0.1) is 0 Å². The van der Waals surface area contributed by atoms with E-state index in [2.05, 4.69) is 19.2 Å². The lowest BCUT2D eigenvalue weighted by Crippen LogP contribution is -2.09. The van der Waals surface area contributed by atoms with E-state index in [9.17, 15) is 4.79 Å². The van der Waals surface area contributed by atoms with E-state index in [4.69, 9.17) is 4.74 Å². The van der Waals surface area contributed by atoms with E-state index in [0.717, 1.165) is 24.2 Å². The van der Waals surface area contributed by atoms with Crippen molar-refractivity contribution in [1.82, 2.24) is 5.32 Å². The van der Waals surface area contributed by atoms with E-state index in [1.165, 1.54) is 0 Å². The fraction of sp³-hybridized carbons (Fsp3) is 0.533. The second-order valence-corrected chi connectivity index (χ2v) is 3.87. The number of carbonyl (C=O) groups excluding carboxylic acids is 1. The molecule has 0 unspecified atom stereocenters. The Kier molecular flexibility index (Phi) is 9.97. The van der Waals surface area contributed by atoms with Gasteiger partial charge in [0.25, 0.3) is 0 Å². The van der Waals surface area contributed by atoms with Crippen LogP contribution in [0.4, 0.5) is 0 Å². The van der Waals surface area contributed by atoms with Crippen LogP contribution in [-0.2, 0) is 16.0 Å². The topological polar surface area (TPSA) is 38.3 Å². The van der Waals surface area contributed by atoms with Gasteiger partial charge >= 0.3 is 5.97 Å². The number of ether oxygens (including phenoxy) is 1. The lowest BCUT2D eigenvalue weighted by atomic mass is 10.1. The fourth-order valence-corrected chi connectivity index (χ4v) is 1.43. The van der Waals surface area contributed by atoms with Crippen molar-refractivity contribution in [3.8, 4) is 0 Å². The zero-order valence-electron chi connectivity index (χ0n) is 12.0. The van der Waals surface area contributed by atoms with Gasteiger partial charge in [-0.05, 0) is 38.1 Å². The molecule has 0 bridgehead atoms. The van der Waals surface area contributed by atoms with Crippen molar-refractivity contribution in [2.24, 2.45) is 0 Å². The Morgan fingerprint density at radius 3 is 2.22 bits per heavy atom. The van der Waals surface area contributed by atoms with Gasteiger partial charge in [0.2, 0.25) is 0 Å². The molecule has 0 amide bonds. The van der Waals surface area contributed by atoms with Crippen molar-refractivity contribution < 1.29 is 9.53 Å². The summed E-state index contributed by atoms with van der Waals surface area (Å²) in [6.45, 7) is 10.6.